The van der Waals surface area contributed by atoms with Gasteiger partial charge in [0.05, 0.1) is 23.5 Å². The fraction of sp³-hybridized carbons (Fsp3) is 0.150. The first-order valence-corrected chi connectivity index (χ1v) is 9.75. The summed E-state index contributed by atoms with van der Waals surface area (Å²) < 4.78 is 0. The third-order valence-electron chi connectivity index (χ3n) is 3.86. The number of thiazole rings is 1. The zero-order chi connectivity index (χ0) is 20.1. The zero-order valence-electron chi connectivity index (χ0n) is 15.4. The quantitative estimate of drug-likeness (QED) is 0.630. The van der Waals surface area contributed by atoms with Gasteiger partial charge in [-0.3, -0.25) is 14.9 Å². The largest absolute Gasteiger partial charge is 0.376 e. The van der Waals surface area contributed by atoms with Crippen molar-refractivity contribution in [2.24, 2.45) is 0 Å². The second-order valence-corrected chi connectivity index (χ2v) is 7.54. The summed E-state index contributed by atoms with van der Waals surface area (Å²) in [5.41, 5.74) is 2.62. The minimum atomic E-state index is -0.236. The molecule has 0 aliphatic rings. The number of halogens is 1. The van der Waals surface area contributed by atoms with E-state index in [1.54, 1.807) is 41.8 Å². The van der Waals surface area contributed by atoms with Crippen molar-refractivity contribution < 1.29 is 9.59 Å². The number of hydrogen-bond acceptors (Lipinski definition) is 5. The van der Waals surface area contributed by atoms with Crippen molar-refractivity contribution >= 4 is 51.3 Å². The molecule has 28 heavy (non-hydrogen) atoms. The molecule has 1 aromatic heterocycles. The van der Waals surface area contributed by atoms with Crippen LogP contribution < -0.4 is 15.5 Å². The summed E-state index contributed by atoms with van der Waals surface area (Å²) in [6.45, 7) is 0. The monoisotopic (exact) mass is 414 g/mol. The third kappa shape index (κ3) is 5.09. The average Bonchev–Trinajstić information content (AvgIpc) is 3.08. The van der Waals surface area contributed by atoms with Gasteiger partial charge in [-0.1, -0.05) is 29.8 Å². The molecular weight excluding hydrogens is 396 g/mol. The number of nitrogens with zero attached hydrogens (tertiary/aromatic N) is 2. The molecule has 0 saturated carbocycles. The van der Waals surface area contributed by atoms with Crippen LogP contribution in [0.25, 0.3) is 0 Å². The molecule has 2 amide bonds. The van der Waals surface area contributed by atoms with Crippen LogP contribution in [-0.4, -0.2) is 30.9 Å². The summed E-state index contributed by atoms with van der Waals surface area (Å²) in [6.07, 6.45) is 0.0943. The summed E-state index contributed by atoms with van der Waals surface area (Å²) >= 11 is 7.33. The van der Waals surface area contributed by atoms with Crippen LogP contribution in [0.2, 0.25) is 5.02 Å². The van der Waals surface area contributed by atoms with Gasteiger partial charge >= 0.3 is 0 Å². The second kappa shape index (κ2) is 8.86. The molecule has 2 N–H and O–H groups in total. The molecule has 1 heterocycles. The fourth-order valence-corrected chi connectivity index (χ4v) is 3.44. The summed E-state index contributed by atoms with van der Waals surface area (Å²) in [4.78, 5) is 30.8. The Labute approximate surface area is 172 Å². The van der Waals surface area contributed by atoms with Crippen LogP contribution in [-0.2, 0) is 11.2 Å². The first kappa shape index (κ1) is 19.9. The third-order valence-corrected chi connectivity index (χ3v) is 4.91. The van der Waals surface area contributed by atoms with Gasteiger partial charge in [0.1, 0.15) is 0 Å². The van der Waals surface area contributed by atoms with Gasteiger partial charge in [-0.15, -0.1) is 11.3 Å². The smallest absolute Gasteiger partial charge is 0.257 e. The van der Waals surface area contributed by atoms with Gasteiger partial charge in [0, 0.05) is 30.1 Å². The number of carbonyl (C=O) groups is 2. The molecule has 0 aliphatic carbocycles. The van der Waals surface area contributed by atoms with Crippen LogP contribution >= 0.6 is 22.9 Å². The predicted molar refractivity (Wildman–Crippen MR) is 115 cm³/mol. The molecule has 6 nitrogen and oxygen atoms in total. The second-order valence-electron chi connectivity index (χ2n) is 6.24. The van der Waals surface area contributed by atoms with Gasteiger partial charge < -0.3 is 10.2 Å². The number of amides is 2. The fourth-order valence-electron chi connectivity index (χ4n) is 2.56. The normalized spacial score (nSPS) is 10.4. The highest BCUT2D eigenvalue weighted by Gasteiger charge is 2.13. The van der Waals surface area contributed by atoms with Crippen LogP contribution in [0.5, 0.6) is 0 Å². The first-order chi connectivity index (χ1) is 13.4. The van der Waals surface area contributed by atoms with E-state index in [0.29, 0.717) is 27.1 Å². The van der Waals surface area contributed by atoms with Gasteiger partial charge in [-0.2, -0.15) is 0 Å². The van der Waals surface area contributed by atoms with Crippen molar-refractivity contribution in [1.29, 1.82) is 0 Å². The van der Waals surface area contributed by atoms with E-state index in [0.717, 1.165) is 5.69 Å². The maximum absolute atomic E-state index is 12.4. The zero-order valence-corrected chi connectivity index (χ0v) is 17.0. The lowest BCUT2D eigenvalue weighted by Crippen LogP contribution is -2.18. The minimum Gasteiger partial charge on any atom is -0.376 e. The van der Waals surface area contributed by atoms with Crippen LogP contribution in [0.4, 0.5) is 16.5 Å². The van der Waals surface area contributed by atoms with Gasteiger partial charge in [-0.05, 0) is 30.3 Å². The van der Waals surface area contributed by atoms with Crippen molar-refractivity contribution in [2.75, 3.05) is 29.6 Å². The highest BCUT2D eigenvalue weighted by molar-refractivity contribution is 7.14. The van der Waals surface area contributed by atoms with Gasteiger partial charge in [0.15, 0.2) is 5.13 Å². The van der Waals surface area contributed by atoms with E-state index in [-0.39, 0.29) is 18.2 Å². The number of aromatic nitrogens is 1. The Kier molecular flexibility index (Phi) is 6.28. The van der Waals surface area contributed by atoms with Crippen LogP contribution in [0.1, 0.15) is 16.1 Å². The van der Waals surface area contributed by atoms with Gasteiger partial charge in [0.25, 0.3) is 5.91 Å². The van der Waals surface area contributed by atoms with Gasteiger partial charge in [0.2, 0.25) is 5.91 Å². The molecule has 0 radical (unpaired) electrons. The SMILES string of the molecule is CN(C)c1ccc(Cl)cc1NC(=O)Cc1csc(NC(=O)c2ccccc2)n1. The molecule has 3 rings (SSSR count). The van der Waals surface area contributed by atoms with E-state index in [1.807, 2.05) is 31.1 Å². The summed E-state index contributed by atoms with van der Waals surface area (Å²) in [7, 11) is 3.78. The molecule has 0 unspecified atom stereocenters. The van der Waals surface area contributed by atoms with Crippen LogP contribution in [0.15, 0.2) is 53.9 Å². The van der Waals surface area contributed by atoms with Crippen LogP contribution in [0.3, 0.4) is 0 Å². The Balaban J connectivity index is 1.63. The van der Waals surface area contributed by atoms with E-state index in [2.05, 4.69) is 15.6 Å². The predicted octanol–water partition coefficient (Wildman–Crippen LogP) is 4.30. The molecule has 0 saturated heterocycles. The molecule has 144 valence electrons. The average molecular weight is 415 g/mol. The van der Waals surface area contributed by atoms with Crippen molar-refractivity contribution in [3.8, 4) is 0 Å². The number of nitrogens with one attached hydrogen (secondary N) is 2. The molecule has 0 atom stereocenters. The molecular formula is C20H19ClN4O2S. The topological polar surface area (TPSA) is 74.3 Å². The van der Waals surface area contributed by atoms with Crippen molar-refractivity contribution in [2.45, 2.75) is 6.42 Å². The Morgan fingerprint density at radius 3 is 2.57 bits per heavy atom. The minimum absolute atomic E-state index is 0.0943. The summed E-state index contributed by atoms with van der Waals surface area (Å²) in [5, 5.41) is 8.36. The Morgan fingerprint density at radius 2 is 1.86 bits per heavy atom. The number of rotatable bonds is 6. The van der Waals surface area contributed by atoms with Crippen LogP contribution in [0, 0.1) is 0 Å². The summed E-state index contributed by atoms with van der Waals surface area (Å²) in [6, 6.07) is 14.2. The van der Waals surface area contributed by atoms with Crippen molar-refractivity contribution in [1.82, 2.24) is 4.98 Å². The maximum atomic E-state index is 12.4. The van der Waals surface area contributed by atoms with E-state index >= 15 is 0 Å². The number of carbonyl (C=O) groups excluding carboxylic acids is 2. The van der Waals surface area contributed by atoms with Crippen molar-refractivity contribution in [3.05, 3.63) is 70.2 Å². The maximum Gasteiger partial charge on any atom is 0.257 e. The molecule has 3 aromatic rings. The molecule has 2 aromatic carbocycles. The first-order valence-electron chi connectivity index (χ1n) is 8.50. The molecule has 8 heteroatoms. The molecule has 0 aliphatic heterocycles. The van der Waals surface area contributed by atoms with E-state index in [1.165, 1.54) is 11.3 Å². The molecule has 0 spiro atoms. The lowest BCUT2D eigenvalue weighted by atomic mass is 10.2. The standard InChI is InChI=1S/C20H19ClN4O2S/c1-25(2)17-9-8-14(21)10-16(17)23-18(26)11-15-12-28-20(22-15)24-19(27)13-6-4-3-5-7-13/h3-10,12H,11H2,1-2H3,(H,23,26)(H,22,24,27). The van der Waals surface area contributed by atoms with E-state index in [4.69, 9.17) is 11.6 Å². The Morgan fingerprint density at radius 1 is 1.11 bits per heavy atom. The number of hydrogen-bond donors (Lipinski definition) is 2. The van der Waals surface area contributed by atoms with E-state index < -0.39 is 0 Å². The number of benzene rings is 2. The molecule has 0 bridgehead atoms. The molecule has 0 fully saturated rings. The highest BCUT2D eigenvalue weighted by Crippen LogP contribution is 2.28. The highest BCUT2D eigenvalue weighted by atomic mass is 35.5. The Bertz CT molecular complexity index is 989. The lowest BCUT2D eigenvalue weighted by Gasteiger charge is -2.18. The van der Waals surface area contributed by atoms with E-state index in [9.17, 15) is 9.59 Å². The summed E-state index contributed by atoms with van der Waals surface area (Å²) in [5.74, 6) is -0.447. The lowest BCUT2D eigenvalue weighted by molar-refractivity contribution is -0.115. The van der Waals surface area contributed by atoms with Crippen molar-refractivity contribution in [3.63, 3.8) is 0 Å². The Hall–Kier alpha value is -2.90. The number of anilines is 3. The van der Waals surface area contributed by atoms with Gasteiger partial charge in [-0.25, -0.2) is 4.98 Å².